The highest BCUT2D eigenvalue weighted by atomic mass is 19.1. The lowest BCUT2D eigenvalue weighted by molar-refractivity contribution is 0.628. The minimum Gasteiger partial charge on any atom is -0.397 e. The first-order valence-electron chi connectivity index (χ1n) is 4.98. The molecule has 3 N–H and O–H groups in total. The average molecular weight is 227 g/mol. The number of rotatable bonds is 2. The Kier molecular flexibility index (Phi) is 2.93. The summed E-state index contributed by atoms with van der Waals surface area (Å²) in [5.41, 5.74) is 7.89. The van der Waals surface area contributed by atoms with Crippen molar-refractivity contribution in [3.8, 4) is 0 Å². The predicted molar refractivity (Wildman–Crippen MR) is 66.8 cm³/mol. The molecule has 0 aliphatic heterocycles. The molecule has 0 spiro atoms. The third-order valence-corrected chi connectivity index (χ3v) is 2.27. The van der Waals surface area contributed by atoms with Crippen LogP contribution in [0.15, 0.2) is 42.5 Å². The normalized spacial score (nSPS) is 9.65. The molecule has 0 amide bonds. The monoisotopic (exact) mass is 227 g/mol. The molecular weight excluding hydrogens is 217 g/mol. The van der Waals surface area contributed by atoms with E-state index in [-0.39, 0.29) is 5.82 Å². The third-order valence-electron chi connectivity index (χ3n) is 2.27. The number of hydrogen-bond donors (Lipinski definition) is 2. The molecule has 17 heavy (non-hydrogen) atoms. The molecule has 0 saturated carbocycles. The second-order valence-corrected chi connectivity index (χ2v) is 3.52. The lowest BCUT2D eigenvalue weighted by atomic mass is 10.2. The van der Waals surface area contributed by atoms with Crippen molar-refractivity contribution in [2.45, 2.75) is 0 Å². The van der Waals surface area contributed by atoms with Crippen LogP contribution in [0.1, 0.15) is 0 Å². The zero-order valence-corrected chi connectivity index (χ0v) is 8.94. The van der Waals surface area contributed by atoms with Gasteiger partial charge in [-0.25, -0.2) is 9.24 Å². The van der Waals surface area contributed by atoms with Crippen molar-refractivity contribution >= 4 is 22.7 Å². The van der Waals surface area contributed by atoms with Gasteiger partial charge >= 0.3 is 0 Å². The molecule has 84 valence electrons. The van der Waals surface area contributed by atoms with E-state index in [4.69, 9.17) is 12.3 Å². The maximum absolute atomic E-state index is 13.1. The van der Waals surface area contributed by atoms with Crippen LogP contribution in [0.4, 0.5) is 27.1 Å². The number of nitrogens with zero attached hydrogens (tertiary/aromatic N) is 1. The maximum Gasteiger partial charge on any atom is 0.189 e. The van der Waals surface area contributed by atoms with E-state index in [1.54, 1.807) is 24.3 Å². The zero-order valence-electron chi connectivity index (χ0n) is 8.94. The van der Waals surface area contributed by atoms with Crippen molar-refractivity contribution in [2.24, 2.45) is 0 Å². The van der Waals surface area contributed by atoms with Gasteiger partial charge in [0.15, 0.2) is 5.69 Å². The SMILES string of the molecule is [C-]#[N+]c1cccc(Nc2cc(F)ccc2N)c1. The molecule has 0 aromatic heterocycles. The van der Waals surface area contributed by atoms with Gasteiger partial charge in [0.1, 0.15) is 5.82 Å². The van der Waals surface area contributed by atoms with Gasteiger partial charge in [0.05, 0.1) is 17.9 Å². The first-order chi connectivity index (χ1) is 8.19. The summed E-state index contributed by atoms with van der Waals surface area (Å²) >= 11 is 0. The smallest absolute Gasteiger partial charge is 0.189 e. The van der Waals surface area contributed by atoms with Gasteiger partial charge in [0, 0.05) is 5.69 Å². The van der Waals surface area contributed by atoms with Gasteiger partial charge in [-0.1, -0.05) is 12.1 Å². The molecule has 0 radical (unpaired) electrons. The van der Waals surface area contributed by atoms with Gasteiger partial charge in [-0.15, -0.1) is 0 Å². The van der Waals surface area contributed by atoms with E-state index in [1.165, 1.54) is 18.2 Å². The third kappa shape index (κ3) is 2.52. The van der Waals surface area contributed by atoms with Crippen molar-refractivity contribution in [2.75, 3.05) is 11.1 Å². The predicted octanol–water partition coefficient (Wildman–Crippen LogP) is 3.70. The summed E-state index contributed by atoms with van der Waals surface area (Å²) in [6, 6.07) is 11.0. The molecule has 2 aromatic rings. The molecule has 0 unspecified atom stereocenters. The van der Waals surface area contributed by atoms with Crippen LogP contribution in [0.25, 0.3) is 4.85 Å². The highest BCUT2D eigenvalue weighted by molar-refractivity contribution is 5.73. The average Bonchev–Trinajstić information content (AvgIpc) is 2.34. The number of halogens is 1. The van der Waals surface area contributed by atoms with Gasteiger partial charge < -0.3 is 11.1 Å². The van der Waals surface area contributed by atoms with Crippen molar-refractivity contribution in [1.82, 2.24) is 0 Å². The van der Waals surface area contributed by atoms with Crippen LogP contribution in [0.3, 0.4) is 0 Å². The molecule has 0 aliphatic rings. The van der Waals surface area contributed by atoms with E-state index in [0.717, 1.165) is 0 Å². The molecule has 0 aliphatic carbocycles. The van der Waals surface area contributed by atoms with Gasteiger partial charge in [0.25, 0.3) is 0 Å². The van der Waals surface area contributed by atoms with E-state index in [9.17, 15) is 4.39 Å². The van der Waals surface area contributed by atoms with Crippen LogP contribution < -0.4 is 11.1 Å². The van der Waals surface area contributed by atoms with Crippen LogP contribution in [-0.4, -0.2) is 0 Å². The standard InChI is InChI=1S/C13H10FN3/c1-16-10-3-2-4-11(8-10)17-13-7-9(14)5-6-12(13)15/h2-8,17H,15H2. The van der Waals surface area contributed by atoms with Gasteiger partial charge in [-0.3, -0.25) is 0 Å². The van der Waals surface area contributed by atoms with E-state index < -0.39 is 0 Å². The summed E-state index contributed by atoms with van der Waals surface area (Å²) in [6.07, 6.45) is 0. The fourth-order valence-electron chi connectivity index (χ4n) is 1.45. The molecule has 0 bridgehead atoms. The highest BCUT2D eigenvalue weighted by Crippen LogP contribution is 2.26. The number of benzene rings is 2. The lowest BCUT2D eigenvalue weighted by Gasteiger charge is -2.09. The van der Waals surface area contributed by atoms with Crippen LogP contribution in [0, 0.1) is 12.4 Å². The van der Waals surface area contributed by atoms with Crippen molar-refractivity contribution in [1.29, 1.82) is 0 Å². The van der Waals surface area contributed by atoms with Crippen molar-refractivity contribution in [3.05, 3.63) is 59.7 Å². The zero-order chi connectivity index (χ0) is 12.3. The van der Waals surface area contributed by atoms with Gasteiger partial charge in [0.2, 0.25) is 0 Å². The lowest BCUT2D eigenvalue weighted by Crippen LogP contribution is -1.96. The molecule has 0 fully saturated rings. The Morgan fingerprint density at radius 2 is 2.00 bits per heavy atom. The van der Waals surface area contributed by atoms with Crippen LogP contribution in [0.5, 0.6) is 0 Å². The molecule has 2 rings (SSSR count). The van der Waals surface area contributed by atoms with Crippen molar-refractivity contribution < 1.29 is 4.39 Å². The fourth-order valence-corrected chi connectivity index (χ4v) is 1.45. The highest BCUT2D eigenvalue weighted by Gasteiger charge is 2.02. The fraction of sp³-hybridized carbons (Fsp3) is 0. The Morgan fingerprint density at radius 1 is 1.18 bits per heavy atom. The molecule has 4 heteroatoms. The van der Waals surface area contributed by atoms with Crippen LogP contribution >= 0.6 is 0 Å². The number of hydrogen-bond acceptors (Lipinski definition) is 2. The first-order valence-corrected chi connectivity index (χ1v) is 4.98. The molecule has 0 heterocycles. The van der Waals surface area contributed by atoms with E-state index in [1.807, 2.05) is 0 Å². The minimum atomic E-state index is -0.358. The minimum absolute atomic E-state index is 0.358. The van der Waals surface area contributed by atoms with Gasteiger partial charge in [-0.2, -0.15) is 0 Å². The second kappa shape index (κ2) is 4.54. The summed E-state index contributed by atoms with van der Waals surface area (Å²) in [6.45, 7) is 6.91. The maximum atomic E-state index is 13.1. The molecule has 2 aromatic carbocycles. The Labute approximate surface area is 98.5 Å². The Balaban J connectivity index is 2.31. The summed E-state index contributed by atoms with van der Waals surface area (Å²) in [4.78, 5) is 3.32. The molecular formula is C13H10FN3. The molecule has 0 saturated heterocycles. The molecule has 0 atom stereocenters. The summed E-state index contributed by atoms with van der Waals surface area (Å²) < 4.78 is 13.1. The number of nitrogen functional groups attached to an aromatic ring is 1. The summed E-state index contributed by atoms with van der Waals surface area (Å²) in [5, 5.41) is 2.98. The number of anilines is 3. The van der Waals surface area contributed by atoms with E-state index in [0.29, 0.717) is 22.7 Å². The topological polar surface area (TPSA) is 42.4 Å². The Bertz CT molecular complexity index is 587. The quantitative estimate of drug-likeness (QED) is 0.606. The van der Waals surface area contributed by atoms with E-state index >= 15 is 0 Å². The van der Waals surface area contributed by atoms with Gasteiger partial charge in [-0.05, 0) is 30.3 Å². The Hall–Kier alpha value is -2.54. The van der Waals surface area contributed by atoms with Crippen molar-refractivity contribution in [3.63, 3.8) is 0 Å². The van der Waals surface area contributed by atoms with Crippen LogP contribution in [-0.2, 0) is 0 Å². The van der Waals surface area contributed by atoms with Crippen LogP contribution in [0.2, 0.25) is 0 Å². The largest absolute Gasteiger partial charge is 0.397 e. The second-order valence-electron chi connectivity index (χ2n) is 3.52. The number of nitrogens with two attached hydrogens (primary N) is 1. The number of nitrogens with one attached hydrogen (secondary N) is 1. The molecule has 3 nitrogen and oxygen atoms in total. The summed E-state index contributed by atoms with van der Waals surface area (Å²) in [5.74, 6) is -0.358. The van der Waals surface area contributed by atoms with E-state index in [2.05, 4.69) is 10.2 Å². The summed E-state index contributed by atoms with van der Waals surface area (Å²) in [7, 11) is 0. The first kappa shape index (κ1) is 11.0. The Morgan fingerprint density at radius 3 is 2.76 bits per heavy atom.